The minimum atomic E-state index is -0.850. The van der Waals surface area contributed by atoms with Crippen LogP contribution in [0.4, 0.5) is 10.5 Å². The summed E-state index contributed by atoms with van der Waals surface area (Å²) in [6.45, 7) is 10.5. The molecule has 4 amide bonds. The van der Waals surface area contributed by atoms with E-state index in [1.165, 1.54) is 4.90 Å². The number of carbonyl (C=O) groups excluding carboxylic acids is 3. The molecule has 1 spiro atoms. The molecule has 36 heavy (non-hydrogen) atoms. The molecule has 4 rings (SSSR count). The maximum absolute atomic E-state index is 13.8. The van der Waals surface area contributed by atoms with E-state index in [1.807, 2.05) is 49.4 Å². The van der Waals surface area contributed by atoms with E-state index in [0.29, 0.717) is 19.4 Å². The predicted octanol–water partition coefficient (Wildman–Crippen LogP) is 6.35. The summed E-state index contributed by atoms with van der Waals surface area (Å²) < 4.78 is 0. The molecule has 0 radical (unpaired) electrons. The average Bonchev–Trinajstić information content (AvgIpc) is 3.02. The Labute approximate surface area is 215 Å². The van der Waals surface area contributed by atoms with E-state index >= 15 is 0 Å². The van der Waals surface area contributed by atoms with Gasteiger partial charge in [-0.3, -0.25) is 14.5 Å². The fraction of sp³-hybridized carbons (Fsp3) is 0.500. The fourth-order valence-corrected chi connectivity index (χ4v) is 5.74. The van der Waals surface area contributed by atoms with Crippen LogP contribution < -0.4 is 5.32 Å². The number of rotatable bonds is 7. The Kier molecular flexibility index (Phi) is 7.53. The molecule has 1 aliphatic heterocycles. The van der Waals surface area contributed by atoms with Gasteiger partial charge in [0.05, 0.1) is 0 Å². The monoisotopic (exact) mass is 489 g/mol. The minimum Gasteiger partial charge on any atom is -0.324 e. The van der Waals surface area contributed by atoms with Gasteiger partial charge in [-0.15, -0.1) is 0 Å². The zero-order valence-corrected chi connectivity index (χ0v) is 22.3. The van der Waals surface area contributed by atoms with Gasteiger partial charge in [0, 0.05) is 12.2 Å². The lowest BCUT2D eigenvalue weighted by Gasteiger charge is -2.38. The van der Waals surface area contributed by atoms with Crippen molar-refractivity contribution in [3.05, 3.63) is 64.7 Å². The van der Waals surface area contributed by atoms with Gasteiger partial charge >= 0.3 is 6.03 Å². The number of imide groups is 1. The average molecular weight is 490 g/mol. The van der Waals surface area contributed by atoms with Crippen molar-refractivity contribution in [2.45, 2.75) is 90.6 Å². The number of urea groups is 1. The first-order valence-electron chi connectivity index (χ1n) is 13.3. The van der Waals surface area contributed by atoms with Crippen molar-refractivity contribution in [2.24, 2.45) is 0 Å². The molecule has 2 aliphatic rings. The molecule has 1 saturated carbocycles. The van der Waals surface area contributed by atoms with Gasteiger partial charge in [0.1, 0.15) is 12.1 Å². The summed E-state index contributed by atoms with van der Waals surface area (Å²) in [6, 6.07) is 13.7. The lowest BCUT2D eigenvalue weighted by Crippen LogP contribution is -2.50. The summed E-state index contributed by atoms with van der Waals surface area (Å²) in [4.78, 5) is 43.7. The third kappa shape index (κ3) is 4.78. The highest BCUT2D eigenvalue weighted by atomic mass is 16.2. The Morgan fingerprint density at radius 2 is 1.53 bits per heavy atom. The maximum Gasteiger partial charge on any atom is 0.328 e. The predicted molar refractivity (Wildman–Crippen MR) is 143 cm³/mol. The first-order chi connectivity index (χ1) is 17.2. The Hall–Kier alpha value is -3.15. The van der Waals surface area contributed by atoms with Crippen molar-refractivity contribution in [3.8, 4) is 0 Å². The van der Waals surface area contributed by atoms with Gasteiger partial charge in [-0.25, -0.2) is 4.79 Å². The summed E-state index contributed by atoms with van der Waals surface area (Å²) in [7, 11) is 0. The van der Waals surface area contributed by atoms with Gasteiger partial charge in [0.15, 0.2) is 0 Å². The topological polar surface area (TPSA) is 69.7 Å². The Morgan fingerprint density at radius 3 is 2.11 bits per heavy atom. The summed E-state index contributed by atoms with van der Waals surface area (Å²) in [5.74, 6) is -0.110. The highest BCUT2D eigenvalue weighted by Gasteiger charge is 2.57. The number of anilines is 1. The van der Waals surface area contributed by atoms with E-state index in [1.54, 1.807) is 4.90 Å². The van der Waals surface area contributed by atoms with Crippen molar-refractivity contribution in [1.82, 2.24) is 9.80 Å². The number of amides is 4. The Morgan fingerprint density at radius 1 is 0.917 bits per heavy atom. The van der Waals surface area contributed by atoms with E-state index in [2.05, 4.69) is 33.0 Å². The van der Waals surface area contributed by atoms with Crippen molar-refractivity contribution >= 4 is 23.5 Å². The molecule has 2 aromatic carbocycles. The first-order valence-corrected chi connectivity index (χ1v) is 13.3. The number of para-hydroxylation sites is 1. The third-order valence-electron chi connectivity index (χ3n) is 7.83. The molecule has 0 bridgehead atoms. The number of hydrogen-bond acceptors (Lipinski definition) is 3. The van der Waals surface area contributed by atoms with Crippen LogP contribution in [0, 0.1) is 6.92 Å². The molecule has 2 fully saturated rings. The zero-order valence-electron chi connectivity index (χ0n) is 22.3. The normalized spacial score (nSPS) is 17.5. The van der Waals surface area contributed by atoms with Crippen molar-refractivity contribution in [1.29, 1.82) is 0 Å². The van der Waals surface area contributed by atoms with Gasteiger partial charge in [-0.2, -0.15) is 0 Å². The zero-order chi connectivity index (χ0) is 26.0. The summed E-state index contributed by atoms with van der Waals surface area (Å²) in [5.41, 5.74) is 4.18. The van der Waals surface area contributed by atoms with Gasteiger partial charge in [0.2, 0.25) is 5.91 Å². The fourth-order valence-electron chi connectivity index (χ4n) is 5.74. The lowest BCUT2D eigenvalue weighted by atomic mass is 9.80. The molecule has 1 N–H and O–H groups in total. The second-order valence-corrected chi connectivity index (χ2v) is 10.9. The second kappa shape index (κ2) is 10.5. The molecule has 2 aromatic rings. The Balaban J connectivity index is 1.61. The standard InChI is InChI=1S/C30H39N3O3/c1-20(2)24-14-11-15-25(21(3)4)27(24)31-26(34)19-32-28(35)30(16-9-6-10-17-30)33(29(32)36)18-23-13-8-7-12-22(23)5/h7-8,11-15,20-21H,6,9-10,16-19H2,1-5H3,(H,31,34). The highest BCUT2D eigenvalue weighted by molar-refractivity contribution is 6.10. The number of carbonyl (C=O) groups is 3. The summed E-state index contributed by atoms with van der Waals surface area (Å²) >= 11 is 0. The van der Waals surface area contributed by atoms with Crippen LogP contribution in [0.1, 0.15) is 93.9 Å². The number of aryl methyl sites for hydroxylation is 1. The van der Waals surface area contributed by atoms with E-state index in [4.69, 9.17) is 0 Å². The van der Waals surface area contributed by atoms with Crippen molar-refractivity contribution in [3.63, 3.8) is 0 Å². The van der Waals surface area contributed by atoms with Gasteiger partial charge in [0.25, 0.3) is 5.91 Å². The van der Waals surface area contributed by atoms with E-state index in [9.17, 15) is 14.4 Å². The van der Waals surface area contributed by atoms with Gasteiger partial charge in [-0.1, -0.05) is 89.4 Å². The number of benzene rings is 2. The van der Waals surface area contributed by atoms with Crippen LogP contribution in [0.2, 0.25) is 0 Å². The summed E-state index contributed by atoms with van der Waals surface area (Å²) in [6.07, 6.45) is 4.17. The first kappa shape index (κ1) is 25.9. The summed E-state index contributed by atoms with van der Waals surface area (Å²) in [5, 5.41) is 3.07. The van der Waals surface area contributed by atoms with Crippen molar-refractivity contribution in [2.75, 3.05) is 11.9 Å². The molecule has 0 atom stereocenters. The number of nitrogens with zero attached hydrogens (tertiary/aromatic N) is 2. The minimum absolute atomic E-state index is 0.225. The quantitative estimate of drug-likeness (QED) is 0.461. The van der Waals surface area contributed by atoms with Crippen LogP contribution in [0.15, 0.2) is 42.5 Å². The second-order valence-electron chi connectivity index (χ2n) is 10.9. The van der Waals surface area contributed by atoms with E-state index < -0.39 is 5.54 Å². The van der Waals surface area contributed by atoms with Crippen LogP contribution in [-0.4, -0.2) is 39.7 Å². The van der Waals surface area contributed by atoms with Crippen LogP contribution >= 0.6 is 0 Å². The van der Waals surface area contributed by atoms with Crippen LogP contribution in [0.25, 0.3) is 0 Å². The molecule has 1 heterocycles. The third-order valence-corrected chi connectivity index (χ3v) is 7.83. The van der Waals surface area contributed by atoms with Crippen LogP contribution in [0.3, 0.4) is 0 Å². The van der Waals surface area contributed by atoms with Crippen molar-refractivity contribution < 1.29 is 14.4 Å². The molecule has 0 aromatic heterocycles. The lowest BCUT2D eigenvalue weighted by molar-refractivity contribution is -0.137. The molecule has 6 heteroatoms. The molecular weight excluding hydrogens is 450 g/mol. The van der Waals surface area contributed by atoms with Gasteiger partial charge < -0.3 is 10.2 Å². The molecule has 0 unspecified atom stereocenters. The van der Waals surface area contributed by atoms with E-state index in [0.717, 1.165) is 47.2 Å². The molecule has 1 aliphatic carbocycles. The molecular formula is C30H39N3O3. The molecule has 6 nitrogen and oxygen atoms in total. The number of nitrogens with one attached hydrogen (secondary N) is 1. The SMILES string of the molecule is Cc1ccccc1CN1C(=O)N(CC(=O)Nc2c(C(C)C)cccc2C(C)C)C(=O)C12CCCCC2. The van der Waals surface area contributed by atoms with Gasteiger partial charge in [-0.05, 0) is 53.9 Å². The molecule has 1 saturated heterocycles. The maximum atomic E-state index is 13.8. The highest BCUT2D eigenvalue weighted by Crippen LogP contribution is 2.41. The Bertz CT molecular complexity index is 1120. The van der Waals surface area contributed by atoms with Crippen LogP contribution in [0.5, 0.6) is 0 Å². The van der Waals surface area contributed by atoms with Crippen LogP contribution in [-0.2, 0) is 16.1 Å². The molecule has 192 valence electrons. The largest absolute Gasteiger partial charge is 0.328 e. The van der Waals surface area contributed by atoms with E-state index in [-0.39, 0.29) is 36.2 Å². The number of hydrogen-bond donors (Lipinski definition) is 1. The smallest absolute Gasteiger partial charge is 0.324 e.